The minimum atomic E-state index is -4.52. The van der Waals surface area contributed by atoms with Crippen LogP contribution in [0.4, 0.5) is 17.6 Å². The maximum Gasteiger partial charge on any atom is 0.430 e. The summed E-state index contributed by atoms with van der Waals surface area (Å²) in [4.78, 5) is 1.80. The van der Waals surface area contributed by atoms with Crippen molar-refractivity contribution in [2.75, 3.05) is 13.1 Å². The molecule has 0 aliphatic carbocycles. The van der Waals surface area contributed by atoms with Gasteiger partial charge in [0.15, 0.2) is 5.84 Å². The predicted molar refractivity (Wildman–Crippen MR) is 89.9 cm³/mol. The van der Waals surface area contributed by atoms with Gasteiger partial charge in [-0.1, -0.05) is 12.1 Å². The maximum atomic E-state index is 13.5. The molecule has 3 aliphatic heterocycles. The van der Waals surface area contributed by atoms with Gasteiger partial charge >= 0.3 is 6.18 Å². The molecular weight excluding hydrogens is 366 g/mol. The van der Waals surface area contributed by atoms with Gasteiger partial charge in [-0.05, 0) is 42.7 Å². The molecule has 1 atom stereocenters. The van der Waals surface area contributed by atoms with E-state index in [1.54, 1.807) is 23.1 Å². The fourth-order valence-corrected chi connectivity index (χ4v) is 3.43. The molecule has 0 bridgehead atoms. The summed E-state index contributed by atoms with van der Waals surface area (Å²) < 4.78 is 52.7. The lowest BCUT2D eigenvalue weighted by atomic mass is 9.84. The summed E-state index contributed by atoms with van der Waals surface area (Å²) in [5, 5.41) is 19.4. The molecule has 1 aromatic carbocycles. The van der Waals surface area contributed by atoms with Crippen LogP contribution in [-0.2, 0) is 5.60 Å². The highest BCUT2D eigenvalue weighted by Gasteiger charge is 2.49. The van der Waals surface area contributed by atoms with Crippen LogP contribution in [0.5, 0.6) is 0 Å². The van der Waals surface area contributed by atoms with E-state index < -0.39 is 23.8 Å². The van der Waals surface area contributed by atoms with E-state index in [0.717, 1.165) is 5.01 Å². The lowest BCUT2D eigenvalue weighted by Gasteiger charge is -2.40. The molecule has 2 N–H and O–H groups in total. The number of piperidine rings is 1. The first kappa shape index (κ1) is 17.8. The Kier molecular flexibility index (Phi) is 4.10. The normalized spacial score (nSPS) is 24.3. The largest absolute Gasteiger partial charge is 0.430 e. The Morgan fingerprint density at radius 2 is 1.85 bits per heavy atom. The third kappa shape index (κ3) is 3.25. The average Bonchev–Trinajstić information content (AvgIpc) is 3.06. The molecule has 0 radical (unpaired) electrons. The molecule has 4 rings (SSSR count). The number of amidine groups is 2. The van der Waals surface area contributed by atoms with Crippen LogP contribution in [0, 0.1) is 5.82 Å². The van der Waals surface area contributed by atoms with E-state index >= 15 is 0 Å². The molecule has 3 heterocycles. The molecule has 0 amide bonds. The van der Waals surface area contributed by atoms with Crippen LogP contribution in [0.1, 0.15) is 18.4 Å². The van der Waals surface area contributed by atoms with E-state index in [4.69, 9.17) is 0 Å². The Balaban J connectivity index is 1.48. The Morgan fingerprint density at radius 3 is 2.52 bits per heavy atom. The molecule has 27 heavy (non-hydrogen) atoms. The number of fused-ring (bicyclic) bond motifs is 1. The summed E-state index contributed by atoms with van der Waals surface area (Å²) in [5.74, 6) is 0.0389. The topological polar surface area (TPSA) is 63.5 Å². The van der Waals surface area contributed by atoms with E-state index in [9.17, 15) is 22.7 Å². The standard InChI is InChI=1S/C17H17F4N5O/c18-12-3-1-2-11(10-12)16(27)6-8-25(9-7-16)14-5-4-13-22-23-15(17(19,20)21)26(13)24-14/h1-5,10,15,23,27H,6-9H2. The van der Waals surface area contributed by atoms with Crippen LogP contribution in [0.25, 0.3) is 0 Å². The fraction of sp³-hybridized carbons (Fsp3) is 0.412. The number of hydrazone groups is 2. The molecule has 0 saturated carbocycles. The number of benzene rings is 1. The zero-order chi connectivity index (χ0) is 19.2. The third-order valence-corrected chi connectivity index (χ3v) is 4.96. The Hall–Kier alpha value is -2.62. The number of aliphatic hydroxyl groups is 1. The summed E-state index contributed by atoms with van der Waals surface area (Å²) in [6.45, 7) is 0.751. The van der Waals surface area contributed by atoms with E-state index in [-0.39, 0.29) is 5.84 Å². The van der Waals surface area contributed by atoms with Gasteiger partial charge in [-0.15, -0.1) is 0 Å². The van der Waals surface area contributed by atoms with Crippen molar-refractivity contribution in [2.45, 2.75) is 30.8 Å². The van der Waals surface area contributed by atoms with E-state index in [1.807, 2.05) is 5.43 Å². The fourth-order valence-electron chi connectivity index (χ4n) is 3.43. The minimum absolute atomic E-state index is 0.0920. The molecule has 6 nitrogen and oxygen atoms in total. The van der Waals surface area contributed by atoms with Crippen LogP contribution < -0.4 is 5.43 Å². The second kappa shape index (κ2) is 6.22. The molecule has 1 aromatic rings. The highest BCUT2D eigenvalue weighted by atomic mass is 19.4. The second-order valence-corrected chi connectivity index (χ2v) is 6.71. The smallest absolute Gasteiger partial charge is 0.385 e. The average molecular weight is 383 g/mol. The van der Waals surface area contributed by atoms with Crippen LogP contribution >= 0.6 is 0 Å². The molecule has 144 valence electrons. The van der Waals surface area contributed by atoms with Gasteiger partial charge in [-0.3, -0.25) is 5.43 Å². The van der Waals surface area contributed by atoms with Gasteiger partial charge in [0.2, 0.25) is 6.17 Å². The first-order chi connectivity index (χ1) is 12.8. The van der Waals surface area contributed by atoms with E-state index in [2.05, 4.69) is 10.2 Å². The van der Waals surface area contributed by atoms with Gasteiger partial charge < -0.3 is 10.0 Å². The van der Waals surface area contributed by atoms with Crippen molar-refractivity contribution in [3.05, 3.63) is 47.8 Å². The van der Waals surface area contributed by atoms with E-state index in [0.29, 0.717) is 37.3 Å². The number of nitrogens with zero attached hydrogens (tertiary/aromatic N) is 4. The van der Waals surface area contributed by atoms with Gasteiger partial charge in [0.25, 0.3) is 0 Å². The van der Waals surface area contributed by atoms with Crippen molar-refractivity contribution in [3.63, 3.8) is 0 Å². The Morgan fingerprint density at radius 1 is 1.15 bits per heavy atom. The summed E-state index contributed by atoms with van der Waals surface area (Å²) in [6, 6.07) is 5.83. The molecule has 3 aliphatic rings. The summed E-state index contributed by atoms with van der Waals surface area (Å²) >= 11 is 0. The first-order valence-electron chi connectivity index (χ1n) is 8.45. The Labute approximate surface area is 152 Å². The quantitative estimate of drug-likeness (QED) is 0.730. The molecule has 10 heteroatoms. The van der Waals surface area contributed by atoms with Crippen LogP contribution in [-0.4, -0.2) is 52.1 Å². The van der Waals surface area contributed by atoms with E-state index in [1.165, 1.54) is 18.2 Å². The van der Waals surface area contributed by atoms with Crippen molar-refractivity contribution >= 4 is 11.7 Å². The summed E-state index contributed by atoms with van der Waals surface area (Å²) in [6.07, 6.45) is -2.83. The summed E-state index contributed by atoms with van der Waals surface area (Å²) in [5.41, 5.74) is 1.36. The molecule has 1 saturated heterocycles. The molecule has 0 spiro atoms. The van der Waals surface area contributed by atoms with Gasteiger partial charge in [-0.2, -0.15) is 23.4 Å². The zero-order valence-electron chi connectivity index (χ0n) is 14.1. The highest BCUT2D eigenvalue weighted by molar-refractivity contribution is 6.05. The Bertz CT molecular complexity index is 827. The highest BCUT2D eigenvalue weighted by Crippen LogP contribution is 2.34. The number of hydrogen-bond donors (Lipinski definition) is 2. The first-order valence-corrected chi connectivity index (χ1v) is 8.45. The monoisotopic (exact) mass is 383 g/mol. The number of alkyl halides is 3. The second-order valence-electron chi connectivity index (χ2n) is 6.71. The maximum absolute atomic E-state index is 13.5. The lowest BCUT2D eigenvalue weighted by molar-refractivity contribution is -0.178. The van der Waals surface area contributed by atoms with Gasteiger partial charge in [0.1, 0.15) is 11.7 Å². The number of nitrogens with one attached hydrogen (secondary N) is 1. The van der Waals surface area contributed by atoms with Crippen molar-refractivity contribution in [2.24, 2.45) is 10.2 Å². The van der Waals surface area contributed by atoms with Crippen molar-refractivity contribution in [1.29, 1.82) is 0 Å². The molecular formula is C17H17F4N5O. The van der Waals surface area contributed by atoms with Crippen molar-refractivity contribution in [3.8, 4) is 0 Å². The number of hydrogen-bond acceptors (Lipinski definition) is 6. The van der Waals surface area contributed by atoms with Gasteiger partial charge in [0.05, 0.1) is 5.60 Å². The minimum Gasteiger partial charge on any atom is -0.385 e. The molecule has 1 unspecified atom stereocenters. The van der Waals surface area contributed by atoms with Crippen LogP contribution in [0.3, 0.4) is 0 Å². The van der Waals surface area contributed by atoms with Crippen LogP contribution in [0.15, 0.2) is 46.6 Å². The van der Waals surface area contributed by atoms with Crippen molar-refractivity contribution < 1.29 is 22.7 Å². The molecule has 1 fully saturated rings. The van der Waals surface area contributed by atoms with Gasteiger partial charge in [0, 0.05) is 13.1 Å². The number of rotatable bonds is 1. The zero-order valence-corrected chi connectivity index (χ0v) is 14.1. The third-order valence-electron chi connectivity index (χ3n) is 4.96. The number of likely N-dealkylation sites (tertiary alicyclic amines) is 1. The van der Waals surface area contributed by atoms with Crippen molar-refractivity contribution in [1.82, 2.24) is 15.3 Å². The number of halogens is 4. The summed E-state index contributed by atoms with van der Waals surface area (Å²) in [7, 11) is 0. The van der Waals surface area contributed by atoms with Crippen LogP contribution in [0.2, 0.25) is 0 Å². The lowest BCUT2D eigenvalue weighted by Crippen LogP contribution is -2.50. The molecule has 0 aromatic heterocycles. The van der Waals surface area contributed by atoms with Gasteiger partial charge in [-0.25, -0.2) is 9.40 Å². The predicted octanol–water partition coefficient (Wildman–Crippen LogP) is 2.10. The SMILES string of the molecule is OC1(c2cccc(F)c2)CCN(C2=NN3C(=NNC3C(F)(F)F)C=C2)CC1.